The van der Waals surface area contributed by atoms with Crippen molar-refractivity contribution in [3.05, 3.63) is 29.8 Å². The van der Waals surface area contributed by atoms with Crippen molar-refractivity contribution in [2.45, 2.75) is 63.0 Å². The monoisotopic (exact) mass is 390 g/mol. The van der Waals surface area contributed by atoms with Crippen LogP contribution in [0.4, 0.5) is 18.9 Å². The van der Waals surface area contributed by atoms with Gasteiger partial charge in [-0.25, -0.2) is 0 Å². The van der Waals surface area contributed by atoms with Gasteiger partial charge in [-0.15, -0.1) is 0 Å². The summed E-state index contributed by atoms with van der Waals surface area (Å²) >= 11 is 0. The summed E-state index contributed by atoms with van der Waals surface area (Å²) in [6.45, 7) is 3.60. The van der Waals surface area contributed by atoms with Gasteiger partial charge in [-0.1, -0.05) is 19.8 Å². The maximum absolute atomic E-state index is 12.6. The molecule has 0 spiro atoms. The number of anilines is 1. The summed E-state index contributed by atoms with van der Waals surface area (Å²) in [7, 11) is -0.923. The van der Waals surface area contributed by atoms with Gasteiger partial charge in [-0.2, -0.15) is 13.2 Å². The van der Waals surface area contributed by atoms with Gasteiger partial charge in [0.25, 0.3) is 0 Å². The summed E-state index contributed by atoms with van der Waals surface area (Å²) in [5, 5.41) is 5.92. The Morgan fingerprint density at radius 2 is 1.85 bits per heavy atom. The van der Waals surface area contributed by atoms with Crippen LogP contribution in [0.5, 0.6) is 0 Å². The molecule has 1 saturated carbocycles. The van der Waals surface area contributed by atoms with Gasteiger partial charge in [0.15, 0.2) is 0 Å². The summed E-state index contributed by atoms with van der Waals surface area (Å²) in [4.78, 5) is 12.3. The van der Waals surface area contributed by atoms with Gasteiger partial charge in [0.2, 0.25) is 5.91 Å². The summed E-state index contributed by atoms with van der Waals surface area (Å²) < 4.78 is 50.0. The van der Waals surface area contributed by atoms with Gasteiger partial charge < -0.3 is 10.6 Å². The molecule has 1 fully saturated rings. The molecule has 4 atom stereocenters. The van der Waals surface area contributed by atoms with Crippen LogP contribution in [-0.4, -0.2) is 33.2 Å². The van der Waals surface area contributed by atoms with Crippen molar-refractivity contribution in [2.75, 3.05) is 11.1 Å². The molecule has 0 aliphatic heterocycles. The van der Waals surface area contributed by atoms with E-state index in [0.29, 0.717) is 11.4 Å². The molecule has 2 N–H and O–H groups in total. The molecular formula is C18H25F3N2O2S. The highest BCUT2D eigenvalue weighted by Crippen LogP contribution is 2.30. The molecule has 26 heavy (non-hydrogen) atoms. The standard InChI is InChI=1S/C18H25F3N2O2S/c1-3-26(25)16-7-5-4-6-15(16)22-12(2)17(24)23-14-10-8-13(9-11-14)18(19,20)21/h8-12,15-16,22H,3-7H2,1-2H3,(H,23,24). The molecule has 2 rings (SSSR count). The zero-order valence-corrected chi connectivity index (χ0v) is 15.8. The van der Waals surface area contributed by atoms with Crippen LogP contribution in [0.2, 0.25) is 0 Å². The number of alkyl halides is 3. The van der Waals surface area contributed by atoms with E-state index in [0.717, 1.165) is 37.8 Å². The molecule has 0 heterocycles. The molecule has 1 aromatic rings. The molecule has 0 radical (unpaired) electrons. The van der Waals surface area contributed by atoms with Crippen LogP contribution in [0.3, 0.4) is 0 Å². The Morgan fingerprint density at radius 1 is 1.23 bits per heavy atom. The van der Waals surface area contributed by atoms with Gasteiger partial charge in [0.05, 0.1) is 16.9 Å². The SMILES string of the molecule is CCS(=O)C1CCCCC1NC(C)C(=O)Nc1ccc(C(F)(F)F)cc1. The highest BCUT2D eigenvalue weighted by molar-refractivity contribution is 7.85. The summed E-state index contributed by atoms with van der Waals surface area (Å²) in [5.74, 6) is 0.269. The fourth-order valence-electron chi connectivity index (χ4n) is 3.21. The molecule has 1 aromatic carbocycles. The van der Waals surface area contributed by atoms with E-state index in [2.05, 4.69) is 10.6 Å². The highest BCUT2D eigenvalue weighted by Gasteiger charge is 2.32. The van der Waals surface area contributed by atoms with E-state index in [-0.39, 0.29) is 17.2 Å². The number of hydrogen-bond acceptors (Lipinski definition) is 3. The van der Waals surface area contributed by atoms with Crippen molar-refractivity contribution in [1.29, 1.82) is 0 Å². The third-order valence-corrected chi connectivity index (χ3v) is 6.47. The number of carbonyl (C=O) groups excluding carboxylic acids is 1. The van der Waals surface area contributed by atoms with E-state index in [9.17, 15) is 22.2 Å². The highest BCUT2D eigenvalue weighted by atomic mass is 32.2. The zero-order chi connectivity index (χ0) is 19.3. The average Bonchev–Trinajstić information content (AvgIpc) is 2.61. The van der Waals surface area contributed by atoms with Gasteiger partial charge in [-0.05, 0) is 44.0 Å². The Morgan fingerprint density at radius 3 is 2.42 bits per heavy atom. The van der Waals surface area contributed by atoms with Crippen LogP contribution >= 0.6 is 0 Å². The van der Waals surface area contributed by atoms with Crippen LogP contribution in [-0.2, 0) is 21.8 Å². The lowest BCUT2D eigenvalue weighted by Gasteiger charge is -2.33. The van der Waals surface area contributed by atoms with Gasteiger partial charge in [-0.3, -0.25) is 9.00 Å². The number of halogens is 3. The predicted octanol–water partition coefficient (Wildman–Crippen LogP) is 3.70. The lowest BCUT2D eigenvalue weighted by Crippen LogP contribution is -2.51. The van der Waals surface area contributed by atoms with E-state index >= 15 is 0 Å². The van der Waals surface area contributed by atoms with E-state index in [1.807, 2.05) is 6.92 Å². The third-order valence-electron chi connectivity index (χ3n) is 4.66. The Bertz CT molecular complexity index is 634. The number of nitrogens with one attached hydrogen (secondary N) is 2. The van der Waals surface area contributed by atoms with Crippen LogP contribution in [0.25, 0.3) is 0 Å². The Balaban J connectivity index is 1.95. The minimum atomic E-state index is -4.40. The number of benzene rings is 1. The third kappa shape index (κ3) is 5.54. The smallest absolute Gasteiger partial charge is 0.325 e. The van der Waals surface area contributed by atoms with Crippen molar-refractivity contribution in [1.82, 2.24) is 5.32 Å². The molecule has 0 aromatic heterocycles. The number of carbonyl (C=O) groups is 1. The van der Waals surface area contributed by atoms with E-state index in [4.69, 9.17) is 0 Å². The van der Waals surface area contributed by atoms with Gasteiger partial charge in [0.1, 0.15) is 0 Å². The maximum Gasteiger partial charge on any atom is 0.416 e. The lowest BCUT2D eigenvalue weighted by molar-refractivity contribution is -0.137. The van der Waals surface area contributed by atoms with E-state index in [1.165, 1.54) is 12.1 Å². The summed E-state index contributed by atoms with van der Waals surface area (Å²) in [5.41, 5.74) is -0.442. The Labute approximate surface area is 154 Å². The molecule has 0 saturated heterocycles. The van der Waals surface area contributed by atoms with E-state index < -0.39 is 28.6 Å². The molecule has 1 amide bonds. The normalized spacial score (nSPS) is 23.3. The molecule has 1 aliphatic rings. The van der Waals surface area contributed by atoms with Crippen LogP contribution in [0.1, 0.15) is 45.1 Å². The van der Waals surface area contributed by atoms with Crippen molar-refractivity contribution in [3.63, 3.8) is 0 Å². The zero-order valence-electron chi connectivity index (χ0n) is 14.9. The first kappa shape index (κ1) is 20.9. The summed E-state index contributed by atoms with van der Waals surface area (Å²) in [6.07, 6.45) is -0.578. The van der Waals surface area contributed by atoms with Crippen molar-refractivity contribution < 1.29 is 22.2 Å². The number of amides is 1. The summed E-state index contributed by atoms with van der Waals surface area (Å²) in [6, 6.07) is 3.84. The first-order valence-electron chi connectivity index (χ1n) is 8.83. The molecule has 4 nitrogen and oxygen atoms in total. The number of rotatable bonds is 6. The van der Waals surface area contributed by atoms with Gasteiger partial charge >= 0.3 is 6.18 Å². The van der Waals surface area contributed by atoms with Crippen LogP contribution in [0.15, 0.2) is 24.3 Å². The van der Waals surface area contributed by atoms with Crippen molar-refractivity contribution in [3.8, 4) is 0 Å². The topological polar surface area (TPSA) is 58.2 Å². The first-order chi connectivity index (χ1) is 12.2. The first-order valence-corrected chi connectivity index (χ1v) is 10.2. The molecule has 8 heteroatoms. The Kier molecular flexibility index (Phi) is 7.23. The Hall–Kier alpha value is -1.41. The second kappa shape index (κ2) is 8.99. The molecule has 0 bridgehead atoms. The lowest BCUT2D eigenvalue weighted by atomic mass is 9.94. The molecule has 4 unspecified atom stereocenters. The quantitative estimate of drug-likeness (QED) is 0.779. The van der Waals surface area contributed by atoms with E-state index in [1.54, 1.807) is 6.92 Å². The van der Waals surface area contributed by atoms with Crippen molar-refractivity contribution in [2.24, 2.45) is 0 Å². The maximum atomic E-state index is 12.6. The largest absolute Gasteiger partial charge is 0.416 e. The average molecular weight is 390 g/mol. The van der Waals surface area contributed by atoms with Crippen LogP contribution in [0, 0.1) is 0 Å². The molecule has 1 aliphatic carbocycles. The number of hydrogen-bond donors (Lipinski definition) is 2. The van der Waals surface area contributed by atoms with Crippen LogP contribution < -0.4 is 10.6 Å². The second-order valence-electron chi connectivity index (χ2n) is 6.55. The predicted molar refractivity (Wildman–Crippen MR) is 97.4 cm³/mol. The molecular weight excluding hydrogens is 365 g/mol. The van der Waals surface area contributed by atoms with Gasteiger partial charge in [0, 0.05) is 28.3 Å². The minimum Gasteiger partial charge on any atom is -0.325 e. The van der Waals surface area contributed by atoms with Crippen molar-refractivity contribution >= 4 is 22.4 Å². The fourth-order valence-corrected chi connectivity index (χ4v) is 4.64. The molecule has 146 valence electrons. The fraction of sp³-hybridized carbons (Fsp3) is 0.611. The second-order valence-corrected chi connectivity index (χ2v) is 8.50. The minimum absolute atomic E-state index is 0.0119.